The maximum Gasteiger partial charge on any atom is 0.153 e. The Morgan fingerprint density at radius 2 is 2.44 bits per heavy atom. The Hall–Kier alpha value is -0.830. The monoisotopic (exact) mass is 141 g/mol. The predicted molar refractivity (Wildman–Crippen MR) is 38.9 cm³/mol. The number of hydrogen-bond acceptors (Lipinski definition) is 3. The van der Waals surface area contributed by atoms with Crippen LogP contribution in [-0.2, 0) is 0 Å². The molecule has 1 heterocycles. The average Bonchev–Trinajstić information content (AvgIpc) is 2.12. The molecule has 48 valence electrons. The highest BCUT2D eigenvalue weighted by molar-refractivity contribution is 7.14. The molecule has 1 rings (SSSR count). The second-order valence-electron chi connectivity index (χ2n) is 1.81. The smallest absolute Gasteiger partial charge is 0.153 e. The van der Waals surface area contributed by atoms with Gasteiger partial charge in [0.05, 0.1) is 10.6 Å². The number of nitrogen functional groups attached to an aromatic ring is 1. The van der Waals surface area contributed by atoms with Crippen LogP contribution in [-0.4, -0.2) is 6.29 Å². The summed E-state index contributed by atoms with van der Waals surface area (Å²) in [5.41, 5.74) is 7.04. The second-order valence-corrected chi connectivity index (χ2v) is 2.73. The number of carbonyl (C=O) groups excluding carboxylic acids is 1. The van der Waals surface area contributed by atoms with Crippen LogP contribution in [0.4, 0.5) is 5.00 Å². The van der Waals surface area contributed by atoms with E-state index in [1.165, 1.54) is 11.3 Å². The molecule has 0 saturated carbocycles. The van der Waals surface area contributed by atoms with Gasteiger partial charge in [-0.25, -0.2) is 0 Å². The summed E-state index contributed by atoms with van der Waals surface area (Å²) in [4.78, 5) is 10.2. The van der Waals surface area contributed by atoms with E-state index in [9.17, 15) is 4.79 Å². The highest BCUT2D eigenvalue weighted by Crippen LogP contribution is 2.21. The van der Waals surface area contributed by atoms with Crippen molar-refractivity contribution in [2.75, 3.05) is 5.73 Å². The van der Waals surface area contributed by atoms with E-state index in [-0.39, 0.29) is 0 Å². The molecule has 0 spiro atoms. The highest BCUT2D eigenvalue weighted by Gasteiger charge is 2.01. The van der Waals surface area contributed by atoms with Gasteiger partial charge in [-0.3, -0.25) is 4.79 Å². The molecule has 9 heavy (non-hydrogen) atoms. The molecule has 2 nitrogen and oxygen atoms in total. The van der Waals surface area contributed by atoms with Crippen LogP contribution in [0.15, 0.2) is 5.38 Å². The normalized spacial score (nSPS) is 9.44. The third-order valence-electron chi connectivity index (χ3n) is 1.17. The number of rotatable bonds is 1. The van der Waals surface area contributed by atoms with Crippen LogP contribution >= 0.6 is 11.3 Å². The number of carbonyl (C=O) groups is 1. The summed E-state index contributed by atoms with van der Waals surface area (Å²) in [5, 5.41) is 2.49. The highest BCUT2D eigenvalue weighted by atomic mass is 32.1. The van der Waals surface area contributed by atoms with Gasteiger partial charge in [0, 0.05) is 0 Å². The van der Waals surface area contributed by atoms with Gasteiger partial charge in [0.1, 0.15) is 0 Å². The lowest BCUT2D eigenvalue weighted by molar-refractivity contribution is 0.112. The van der Waals surface area contributed by atoms with Gasteiger partial charge in [-0.05, 0) is 17.9 Å². The van der Waals surface area contributed by atoms with Crippen LogP contribution in [0.5, 0.6) is 0 Å². The Balaban J connectivity index is 3.22. The lowest BCUT2D eigenvalue weighted by Crippen LogP contribution is -1.86. The standard InChI is InChI=1S/C6H7NOS/c1-4-3-9-6(7)5(4)2-8/h2-3H,7H2,1H3. The van der Waals surface area contributed by atoms with Gasteiger partial charge >= 0.3 is 0 Å². The first-order chi connectivity index (χ1) is 4.25. The summed E-state index contributed by atoms with van der Waals surface area (Å²) in [6.45, 7) is 1.87. The van der Waals surface area contributed by atoms with Gasteiger partial charge in [-0.2, -0.15) is 0 Å². The molecule has 3 heteroatoms. The molecule has 0 bridgehead atoms. The van der Waals surface area contributed by atoms with E-state index < -0.39 is 0 Å². The number of thiophene rings is 1. The van der Waals surface area contributed by atoms with Crippen LogP contribution in [0.3, 0.4) is 0 Å². The van der Waals surface area contributed by atoms with E-state index in [0.29, 0.717) is 10.6 Å². The molecule has 0 saturated heterocycles. The number of aryl methyl sites for hydroxylation is 1. The summed E-state index contributed by atoms with van der Waals surface area (Å²) in [6.07, 6.45) is 0.793. The Morgan fingerprint density at radius 1 is 1.78 bits per heavy atom. The summed E-state index contributed by atoms with van der Waals surface area (Å²) in [6, 6.07) is 0. The fourth-order valence-corrected chi connectivity index (χ4v) is 1.39. The molecule has 1 aromatic heterocycles. The summed E-state index contributed by atoms with van der Waals surface area (Å²) >= 11 is 1.40. The third kappa shape index (κ3) is 0.954. The number of anilines is 1. The van der Waals surface area contributed by atoms with Crippen molar-refractivity contribution in [3.8, 4) is 0 Å². The molecular weight excluding hydrogens is 134 g/mol. The van der Waals surface area contributed by atoms with Crippen molar-refractivity contribution in [3.05, 3.63) is 16.5 Å². The maximum absolute atomic E-state index is 10.2. The molecule has 0 amide bonds. The fourth-order valence-electron chi connectivity index (χ4n) is 0.624. The number of aldehydes is 1. The van der Waals surface area contributed by atoms with E-state index in [4.69, 9.17) is 5.73 Å². The van der Waals surface area contributed by atoms with Crippen molar-refractivity contribution in [2.24, 2.45) is 0 Å². The fraction of sp³-hybridized carbons (Fsp3) is 0.167. The minimum atomic E-state index is 0.613. The Morgan fingerprint density at radius 3 is 2.67 bits per heavy atom. The molecule has 0 unspecified atom stereocenters. The van der Waals surface area contributed by atoms with Gasteiger partial charge in [-0.1, -0.05) is 0 Å². The molecule has 2 N–H and O–H groups in total. The molecule has 0 aliphatic carbocycles. The first-order valence-corrected chi connectivity index (χ1v) is 3.42. The van der Waals surface area contributed by atoms with Crippen molar-refractivity contribution in [1.29, 1.82) is 0 Å². The Kier molecular flexibility index (Phi) is 1.53. The molecular formula is C6H7NOS. The first kappa shape index (κ1) is 6.29. The molecule has 0 atom stereocenters. The molecule has 0 radical (unpaired) electrons. The van der Waals surface area contributed by atoms with Gasteiger partial charge in [-0.15, -0.1) is 11.3 Å². The average molecular weight is 141 g/mol. The Labute approximate surface area is 57.3 Å². The molecule has 0 aromatic carbocycles. The number of nitrogens with two attached hydrogens (primary N) is 1. The summed E-state index contributed by atoms with van der Waals surface area (Å²) in [5.74, 6) is 0. The number of hydrogen-bond donors (Lipinski definition) is 1. The van der Waals surface area contributed by atoms with E-state index >= 15 is 0 Å². The minimum Gasteiger partial charge on any atom is -0.390 e. The van der Waals surface area contributed by atoms with E-state index in [0.717, 1.165) is 11.8 Å². The van der Waals surface area contributed by atoms with Gasteiger partial charge in [0.15, 0.2) is 6.29 Å². The zero-order chi connectivity index (χ0) is 6.85. The van der Waals surface area contributed by atoms with Crippen LogP contribution in [0.2, 0.25) is 0 Å². The molecule has 0 aliphatic rings. The second kappa shape index (κ2) is 2.19. The van der Waals surface area contributed by atoms with Crippen LogP contribution in [0.1, 0.15) is 15.9 Å². The van der Waals surface area contributed by atoms with Crippen molar-refractivity contribution in [3.63, 3.8) is 0 Å². The van der Waals surface area contributed by atoms with Gasteiger partial charge < -0.3 is 5.73 Å². The first-order valence-electron chi connectivity index (χ1n) is 2.54. The quantitative estimate of drug-likeness (QED) is 0.601. The third-order valence-corrected chi connectivity index (χ3v) is 2.12. The summed E-state index contributed by atoms with van der Waals surface area (Å²) in [7, 11) is 0. The SMILES string of the molecule is Cc1csc(N)c1C=O. The zero-order valence-electron chi connectivity index (χ0n) is 5.05. The lowest BCUT2D eigenvalue weighted by Gasteiger charge is -1.85. The molecule has 0 aliphatic heterocycles. The van der Waals surface area contributed by atoms with E-state index in [2.05, 4.69) is 0 Å². The molecule has 1 aromatic rings. The van der Waals surface area contributed by atoms with Crippen molar-refractivity contribution in [1.82, 2.24) is 0 Å². The van der Waals surface area contributed by atoms with Gasteiger partial charge in [0.2, 0.25) is 0 Å². The van der Waals surface area contributed by atoms with Crippen molar-refractivity contribution in [2.45, 2.75) is 6.92 Å². The molecule has 0 fully saturated rings. The summed E-state index contributed by atoms with van der Waals surface area (Å²) < 4.78 is 0. The van der Waals surface area contributed by atoms with Crippen molar-refractivity contribution < 1.29 is 4.79 Å². The largest absolute Gasteiger partial charge is 0.390 e. The van der Waals surface area contributed by atoms with E-state index in [1.807, 2.05) is 12.3 Å². The Bertz CT molecular complexity index is 209. The maximum atomic E-state index is 10.2. The van der Waals surface area contributed by atoms with E-state index in [1.54, 1.807) is 0 Å². The van der Waals surface area contributed by atoms with Crippen LogP contribution in [0, 0.1) is 6.92 Å². The zero-order valence-corrected chi connectivity index (χ0v) is 5.87. The lowest BCUT2D eigenvalue weighted by atomic mass is 10.2. The van der Waals surface area contributed by atoms with Gasteiger partial charge in [0.25, 0.3) is 0 Å². The van der Waals surface area contributed by atoms with Crippen molar-refractivity contribution >= 4 is 22.6 Å². The predicted octanol–water partition coefficient (Wildman–Crippen LogP) is 1.45. The van der Waals surface area contributed by atoms with Crippen LogP contribution in [0.25, 0.3) is 0 Å². The topological polar surface area (TPSA) is 43.1 Å². The van der Waals surface area contributed by atoms with Crippen LogP contribution < -0.4 is 5.73 Å². The minimum absolute atomic E-state index is 0.613.